The Kier molecular flexibility index (Phi) is 3.35. The molecule has 0 amide bonds. The molecule has 25 heavy (non-hydrogen) atoms. The van der Waals surface area contributed by atoms with Crippen molar-refractivity contribution in [3.05, 3.63) is 64.0 Å². The van der Waals surface area contributed by atoms with Crippen LogP contribution in [0.1, 0.15) is 11.4 Å². The molecule has 0 fully saturated rings. The molecule has 7 nitrogen and oxygen atoms in total. The normalized spacial score (nSPS) is 11.1. The summed E-state index contributed by atoms with van der Waals surface area (Å²) in [6.07, 6.45) is 0. The van der Waals surface area contributed by atoms with Gasteiger partial charge in [-0.05, 0) is 37.6 Å². The van der Waals surface area contributed by atoms with E-state index in [4.69, 9.17) is 9.15 Å². The van der Waals surface area contributed by atoms with E-state index >= 15 is 0 Å². The summed E-state index contributed by atoms with van der Waals surface area (Å²) in [5.41, 5.74) is 2.34. The first-order valence-electron chi connectivity index (χ1n) is 7.62. The third-order valence-electron chi connectivity index (χ3n) is 3.82. The molecule has 0 aliphatic rings. The van der Waals surface area contributed by atoms with Crippen LogP contribution in [0.5, 0.6) is 11.6 Å². The Morgan fingerprint density at radius 3 is 2.72 bits per heavy atom. The molecule has 0 saturated heterocycles. The molecule has 4 aromatic rings. The van der Waals surface area contributed by atoms with Crippen LogP contribution in [0.2, 0.25) is 0 Å². The quantitative estimate of drug-likeness (QED) is 0.398. The third kappa shape index (κ3) is 2.55. The van der Waals surface area contributed by atoms with E-state index in [1.54, 1.807) is 19.1 Å². The van der Waals surface area contributed by atoms with Gasteiger partial charge in [-0.15, -0.1) is 0 Å². The molecule has 124 valence electrons. The number of benzene rings is 2. The van der Waals surface area contributed by atoms with E-state index in [-0.39, 0.29) is 17.3 Å². The molecule has 0 spiro atoms. The van der Waals surface area contributed by atoms with Crippen molar-refractivity contribution in [2.75, 3.05) is 0 Å². The van der Waals surface area contributed by atoms with Gasteiger partial charge < -0.3 is 9.15 Å². The van der Waals surface area contributed by atoms with Crippen LogP contribution in [0.25, 0.3) is 22.1 Å². The maximum Gasteiger partial charge on any atom is 0.311 e. The molecule has 2 aromatic heterocycles. The van der Waals surface area contributed by atoms with Gasteiger partial charge in [-0.1, -0.05) is 18.2 Å². The minimum atomic E-state index is -0.487. The lowest BCUT2D eigenvalue weighted by atomic mass is 10.2. The average molecular weight is 335 g/mol. The predicted molar refractivity (Wildman–Crippen MR) is 92.0 cm³/mol. The van der Waals surface area contributed by atoms with Crippen molar-refractivity contribution in [3.8, 4) is 11.6 Å². The van der Waals surface area contributed by atoms with Crippen LogP contribution in [-0.2, 0) is 0 Å². The van der Waals surface area contributed by atoms with Crippen molar-refractivity contribution >= 4 is 27.8 Å². The maximum absolute atomic E-state index is 11.3. The fraction of sp³-hybridized carbons (Fsp3) is 0.111. The summed E-state index contributed by atoms with van der Waals surface area (Å²) in [6, 6.07) is 12.1. The van der Waals surface area contributed by atoms with Gasteiger partial charge in [0.1, 0.15) is 16.9 Å². The average Bonchev–Trinajstić information content (AvgIpc) is 2.93. The van der Waals surface area contributed by atoms with Crippen LogP contribution in [-0.4, -0.2) is 14.9 Å². The van der Waals surface area contributed by atoms with Crippen LogP contribution in [0.3, 0.4) is 0 Å². The van der Waals surface area contributed by atoms with Gasteiger partial charge in [0.2, 0.25) is 11.3 Å². The number of nitro groups is 1. The second-order valence-corrected chi connectivity index (χ2v) is 5.68. The van der Waals surface area contributed by atoms with Gasteiger partial charge in [-0.2, -0.15) is 4.98 Å². The van der Waals surface area contributed by atoms with Gasteiger partial charge in [-0.25, -0.2) is 4.98 Å². The Morgan fingerprint density at radius 2 is 1.92 bits per heavy atom. The molecule has 0 aliphatic heterocycles. The molecule has 0 N–H and O–H groups in total. The van der Waals surface area contributed by atoms with Crippen molar-refractivity contribution in [2.24, 2.45) is 0 Å². The molecule has 0 bridgehead atoms. The molecule has 0 aliphatic carbocycles. The van der Waals surface area contributed by atoms with Crippen molar-refractivity contribution in [1.29, 1.82) is 0 Å². The number of nitrogens with zero attached hydrogens (tertiary/aromatic N) is 3. The number of ether oxygens (including phenoxy) is 1. The number of aromatic nitrogens is 2. The Hall–Kier alpha value is -3.48. The molecule has 0 atom stereocenters. The van der Waals surface area contributed by atoms with Crippen molar-refractivity contribution < 1.29 is 14.1 Å². The van der Waals surface area contributed by atoms with Crippen LogP contribution < -0.4 is 4.74 Å². The molecule has 7 heteroatoms. The van der Waals surface area contributed by atoms with Crippen LogP contribution in [0.15, 0.2) is 46.9 Å². The summed E-state index contributed by atoms with van der Waals surface area (Å²) >= 11 is 0. The summed E-state index contributed by atoms with van der Waals surface area (Å²) in [5.74, 6) is 0.765. The number of hydrogen-bond donors (Lipinski definition) is 0. The van der Waals surface area contributed by atoms with E-state index in [0.29, 0.717) is 22.5 Å². The van der Waals surface area contributed by atoms with Gasteiger partial charge in [-0.3, -0.25) is 10.1 Å². The Bertz CT molecular complexity index is 1130. The maximum atomic E-state index is 11.3. The molecule has 2 heterocycles. The fourth-order valence-corrected chi connectivity index (χ4v) is 2.70. The highest BCUT2D eigenvalue weighted by Gasteiger charge is 2.21. The van der Waals surface area contributed by atoms with Crippen molar-refractivity contribution in [1.82, 2.24) is 9.97 Å². The van der Waals surface area contributed by atoms with Gasteiger partial charge in [0.15, 0.2) is 0 Å². The number of nitro benzene ring substituents is 1. The molecule has 0 saturated carbocycles. The Morgan fingerprint density at radius 1 is 1.12 bits per heavy atom. The lowest BCUT2D eigenvalue weighted by Crippen LogP contribution is -1.97. The zero-order chi connectivity index (χ0) is 17.6. The molecule has 2 aromatic carbocycles. The molecule has 0 radical (unpaired) electrons. The SMILES string of the molecule is Cc1ccc([N+](=O)[O-])c(Oc2nc(C)nc3c2oc2ccccc23)c1. The topological polar surface area (TPSA) is 91.3 Å². The van der Waals surface area contributed by atoms with Gasteiger partial charge in [0.05, 0.1) is 4.92 Å². The Balaban J connectivity index is 1.93. The van der Waals surface area contributed by atoms with Crippen LogP contribution in [0, 0.1) is 24.0 Å². The zero-order valence-electron chi connectivity index (χ0n) is 13.5. The molecular formula is C18H13N3O4. The van der Waals surface area contributed by atoms with E-state index in [2.05, 4.69) is 9.97 Å². The van der Waals surface area contributed by atoms with E-state index in [0.717, 1.165) is 10.9 Å². The second kappa shape index (κ2) is 5.55. The standard InChI is InChI=1S/C18H13N3O4/c1-10-7-8-13(21(22)23)15(9-10)25-18-17-16(19-11(2)20-18)12-5-3-4-6-14(12)24-17/h3-9H,1-2H3. The summed E-state index contributed by atoms with van der Waals surface area (Å²) in [6.45, 7) is 3.57. The lowest BCUT2D eigenvalue weighted by molar-refractivity contribution is -0.385. The first-order chi connectivity index (χ1) is 12.0. The minimum absolute atomic E-state index is 0.116. The third-order valence-corrected chi connectivity index (χ3v) is 3.82. The smallest absolute Gasteiger partial charge is 0.311 e. The first kappa shape index (κ1) is 15.1. The second-order valence-electron chi connectivity index (χ2n) is 5.68. The van der Waals surface area contributed by atoms with Crippen LogP contribution >= 0.6 is 0 Å². The number of aryl methyl sites for hydroxylation is 2. The van der Waals surface area contributed by atoms with Crippen molar-refractivity contribution in [3.63, 3.8) is 0 Å². The number of para-hydroxylation sites is 1. The predicted octanol–water partition coefficient (Wildman–Crippen LogP) is 4.69. The van der Waals surface area contributed by atoms with E-state index in [1.165, 1.54) is 6.07 Å². The fourth-order valence-electron chi connectivity index (χ4n) is 2.70. The van der Waals surface area contributed by atoms with E-state index in [9.17, 15) is 10.1 Å². The number of hydrogen-bond acceptors (Lipinski definition) is 6. The zero-order valence-corrected chi connectivity index (χ0v) is 13.5. The highest BCUT2D eigenvalue weighted by atomic mass is 16.6. The lowest BCUT2D eigenvalue weighted by Gasteiger charge is -2.07. The summed E-state index contributed by atoms with van der Waals surface area (Å²) in [4.78, 5) is 19.5. The highest BCUT2D eigenvalue weighted by Crippen LogP contribution is 2.37. The molecular weight excluding hydrogens is 322 g/mol. The van der Waals surface area contributed by atoms with Gasteiger partial charge in [0.25, 0.3) is 5.88 Å². The van der Waals surface area contributed by atoms with Crippen molar-refractivity contribution in [2.45, 2.75) is 13.8 Å². The largest absolute Gasteiger partial charge is 0.449 e. The van der Waals surface area contributed by atoms with E-state index in [1.807, 2.05) is 31.2 Å². The monoisotopic (exact) mass is 335 g/mol. The molecule has 4 rings (SSSR count). The minimum Gasteiger partial charge on any atom is -0.449 e. The summed E-state index contributed by atoms with van der Waals surface area (Å²) in [5, 5.41) is 12.1. The summed E-state index contributed by atoms with van der Waals surface area (Å²) < 4.78 is 11.6. The molecule has 0 unspecified atom stereocenters. The number of rotatable bonds is 3. The Labute approximate surface area is 142 Å². The first-order valence-corrected chi connectivity index (χ1v) is 7.62. The van der Waals surface area contributed by atoms with Crippen LogP contribution in [0.4, 0.5) is 5.69 Å². The van der Waals surface area contributed by atoms with Gasteiger partial charge in [0, 0.05) is 11.5 Å². The van der Waals surface area contributed by atoms with Gasteiger partial charge >= 0.3 is 5.69 Å². The highest BCUT2D eigenvalue weighted by molar-refractivity contribution is 6.03. The summed E-state index contributed by atoms with van der Waals surface area (Å²) in [7, 11) is 0. The number of furan rings is 1. The van der Waals surface area contributed by atoms with E-state index < -0.39 is 4.92 Å². The number of fused-ring (bicyclic) bond motifs is 3.